The van der Waals surface area contributed by atoms with Gasteiger partial charge >= 0.3 is 0 Å². The van der Waals surface area contributed by atoms with Crippen LogP contribution in [0.1, 0.15) is 48.4 Å². The lowest BCUT2D eigenvalue weighted by molar-refractivity contribution is 0.627. The van der Waals surface area contributed by atoms with E-state index in [0.29, 0.717) is 5.56 Å². The molecule has 0 aliphatic rings. The summed E-state index contributed by atoms with van der Waals surface area (Å²) in [6.07, 6.45) is 7.06. The highest BCUT2D eigenvalue weighted by Crippen LogP contribution is 2.24. The van der Waals surface area contributed by atoms with Crippen LogP contribution in [0, 0.1) is 17.7 Å². The van der Waals surface area contributed by atoms with E-state index < -0.39 is 0 Å². The van der Waals surface area contributed by atoms with E-state index in [2.05, 4.69) is 49.6 Å². The Hall–Kier alpha value is -3.11. The van der Waals surface area contributed by atoms with Crippen molar-refractivity contribution in [3.05, 3.63) is 107 Å². The summed E-state index contributed by atoms with van der Waals surface area (Å²) in [5.74, 6) is 6.23. The Morgan fingerprint density at radius 3 is 2.03 bits per heavy atom. The maximum Gasteiger partial charge on any atom is 0.131 e. The Morgan fingerprint density at radius 1 is 0.828 bits per heavy atom. The number of hydrogen-bond donors (Lipinski definition) is 0. The van der Waals surface area contributed by atoms with Crippen molar-refractivity contribution in [2.45, 2.75) is 39.0 Å². The molecule has 0 spiro atoms. The molecule has 0 heterocycles. The topological polar surface area (TPSA) is 0 Å². The van der Waals surface area contributed by atoms with Gasteiger partial charge in [-0.15, -0.1) is 6.58 Å². The Kier molecular flexibility index (Phi) is 7.42. The van der Waals surface area contributed by atoms with Gasteiger partial charge in [0.1, 0.15) is 5.82 Å². The first-order valence-electron chi connectivity index (χ1n) is 10.3. The first kappa shape index (κ1) is 20.6. The van der Waals surface area contributed by atoms with Crippen LogP contribution in [0.15, 0.2) is 79.4 Å². The third-order valence-electron chi connectivity index (χ3n) is 4.99. The molecule has 1 heteroatoms. The summed E-state index contributed by atoms with van der Waals surface area (Å²) in [5.41, 5.74) is 5.78. The third kappa shape index (κ3) is 5.93. The predicted octanol–water partition coefficient (Wildman–Crippen LogP) is 7.35. The third-order valence-corrected chi connectivity index (χ3v) is 4.99. The maximum atomic E-state index is 14.5. The maximum absolute atomic E-state index is 14.5. The molecule has 3 aromatic rings. The molecular weight excluding hydrogens is 355 g/mol. The van der Waals surface area contributed by atoms with Gasteiger partial charge in [-0.25, -0.2) is 4.39 Å². The van der Waals surface area contributed by atoms with Gasteiger partial charge in [-0.3, -0.25) is 0 Å². The van der Waals surface area contributed by atoms with Gasteiger partial charge in [-0.05, 0) is 72.7 Å². The van der Waals surface area contributed by atoms with Crippen molar-refractivity contribution in [2.75, 3.05) is 0 Å². The number of halogens is 1. The molecule has 0 bridgehead atoms. The number of unbranched alkanes of at least 4 members (excludes halogenated alkanes) is 1. The summed E-state index contributed by atoms with van der Waals surface area (Å²) < 4.78 is 14.5. The van der Waals surface area contributed by atoms with Crippen LogP contribution in [0.5, 0.6) is 0 Å². The van der Waals surface area contributed by atoms with Crippen molar-refractivity contribution in [3.63, 3.8) is 0 Å². The van der Waals surface area contributed by atoms with E-state index in [1.54, 1.807) is 6.07 Å². The van der Waals surface area contributed by atoms with Crippen LogP contribution in [0.4, 0.5) is 4.39 Å². The Bertz CT molecular complexity index is 999. The zero-order valence-corrected chi connectivity index (χ0v) is 17.0. The second kappa shape index (κ2) is 10.4. The van der Waals surface area contributed by atoms with Crippen LogP contribution in [-0.4, -0.2) is 0 Å². The second-order valence-electron chi connectivity index (χ2n) is 7.27. The van der Waals surface area contributed by atoms with Crippen LogP contribution in [0.25, 0.3) is 11.1 Å². The van der Waals surface area contributed by atoms with Gasteiger partial charge in [-0.2, -0.15) is 0 Å². The summed E-state index contributed by atoms with van der Waals surface area (Å²) >= 11 is 0. The molecule has 0 nitrogen and oxygen atoms in total. The lowest BCUT2D eigenvalue weighted by Gasteiger charge is -2.06. The van der Waals surface area contributed by atoms with Gasteiger partial charge < -0.3 is 0 Å². The van der Waals surface area contributed by atoms with Gasteiger partial charge in [0.15, 0.2) is 0 Å². The fourth-order valence-electron chi connectivity index (χ4n) is 3.23. The molecule has 3 aromatic carbocycles. The zero-order chi connectivity index (χ0) is 20.5. The fourth-order valence-corrected chi connectivity index (χ4v) is 3.23. The second-order valence-corrected chi connectivity index (χ2v) is 7.27. The van der Waals surface area contributed by atoms with E-state index in [1.165, 1.54) is 5.56 Å². The van der Waals surface area contributed by atoms with Crippen molar-refractivity contribution in [3.8, 4) is 23.0 Å². The van der Waals surface area contributed by atoms with Crippen LogP contribution >= 0.6 is 0 Å². The molecule has 146 valence electrons. The van der Waals surface area contributed by atoms with Crippen molar-refractivity contribution in [1.29, 1.82) is 0 Å². The monoisotopic (exact) mass is 382 g/mol. The van der Waals surface area contributed by atoms with Gasteiger partial charge in [0.25, 0.3) is 0 Å². The van der Waals surface area contributed by atoms with Gasteiger partial charge in [-0.1, -0.05) is 67.7 Å². The molecule has 0 aromatic heterocycles. The Morgan fingerprint density at radius 2 is 1.45 bits per heavy atom. The summed E-state index contributed by atoms with van der Waals surface area (Å²) in [5, 5.41) is 0. The summed E-state index contributed by atoms with van der Waals surface area (Å²) in [6, 6.07) is 21.7. The summed E-state index contributed by atoms with van der Waals surface area (Å²) in [4.78, 5) is 0. The number of benzene rings is 3. The van der Waals surface area contributed by atoms with Gasteiger partial charge in [0.2, 0.25) is 0 Å². The van der Waals surface area contributed by atoms with Gasteiger partial charge in [0, 0.05) is 16.7 Å². The quantitative estimate of drug-likeness (QED) is 0.296. The van der Waals surface area contributed by atoms with Crippen LogP contribution in [-0.2, 0) is 12.8 Å². The molecule has 0 N–H and O–H groups in total. The average molecular weight is 383 g/mol. The number of aryl methyl sites for hydroxylation is 2. The first-order chi connectivity index (χ1) is 14.2. The molecule has 0 radical (unpaired) electrons. The van der Waals surface area contributed by atoms with Crippen molar-refractivity contribution < 1.29 is 4.39 Å². The highest BCUT2D eigenvalue weighted by Gasteiger charge is 2.06. The SMILES string of the molecule is C=CCCc1ccc(C#Cc2ccc(-c3ccc(CCCC)cc3F)cc2)cc1. The Balaban J connectivity index is 1.69. The molecular formula is C28H27F. The van der Waals surface area contributed by atoms with E-state index in [1.807, 2.05) is 42.5 Å². The van der Waals surface area contributed by atoms with E-state index >= 15 is 0 Å². The lowest BCUT2D eigenvalue weighted by Crippen LogP contribution is -1.90. The standard InChI is InChI=1S/C28H27F/c1-3-5-7-22-9-11-23(12-10-22)13-14-24-15-18-26(19-16-24)27-20-17-25(8-6-4-2)21-28(27)29/h3,9-12,15-21H,1,4-8H2,2H3. The van der Waals surface area contributed by atoms with E-state index in [9.17, 15) is 4.39 Å². The molecule has 0 fully saturated rings. The highest BCUT2D eigenvalue weighted by atomic mass is 19.1. The molecule has 0 aliphatic carbocycles. The normalized spacial score (nSPS) is 10.3. The number of allylic oxidation sites excluding steroid dienone is 1. The zero-order valence-electron chi connectivity index (χ0n) is 17.0. The van der Waals surface area contributed by atoms with E-state index in [-0.39, 0.29) is 5.82 Å². The average Bonchev–Trinajstić information content (AvgIpc) is 2.76. The minimum Gasteiger partial charge on any atom is -0.206 e. The van der Waals surface area contributed by atoms with Crippen LogP contribution in [0.2, 0.25) is 0 Å². The van der Waals surface area contributed by atoms with Gasteiger partial charge in [0.05, 0.1) is 0 Å². The van der Waals surface area contributed by atoms with E-state index in [4.69, 9.17) is 0 Å². The Labute approximate surface area is 174 Å². The molecule has 0 aliphatic heterocycles. The van der Waals surface area contributed by atoms with Crippen LogP contribution in [0.3, 0.4) is 0 Å². The predicted molar refractivity (Wildman–Crippen MR) is 121 cm³/mol. The molecule has 3 rings (SSSR count). The summed E-state index contributed by atoms with van der Waals surface area (Å²) in [7, 11) is 0. The molecule has 0 unspecified atom stereocenters. The largest absolute Gasteiger partial charge is 0.206 e. The number of hydrogen-bond acceptors (Lipinski definition) is 0. The fraction of sp³-hybridized carbons (Fsp3) is 0.214. The number of rotatable bonds is 7. The van der Waals surface area contributed by atoms with Crippen LogP contribution < -0.4 is 0 Å². The summed E-state index contributed by atoms with van der Waals surface area (Å²) in [6.45, 7) is 5.91. The molecule has 0 saturated heterocycles. The minimum absolute atomic E-state index is 0.158. The molecule has 0 amide bonds. The highest BCUT2D eigenvalue weighted by molar-refractivity contribution is 5.65. The van der Waals surface area contributed by atoms with Crippen molar-refractivity contribution in [2.24, 2.45) is 0 Å². The smallest absolute Gasteiger partial charge is 0.131 e. The lowest BCUT2D eigenvalue weighted by atomic mass is 10.00. The van der Waals surface area contributed by atoms with E-state index in [0.717, 1.165) is 54.4 Å². The molecule has 0 atom stereocenters. The van der Waals surface area contributed by atoms with Crippen molar-refractivity contribution in [1.82, 2.24) is 0 Å². The van der Waals surface area contributed by atoms with Crippen molar-refractivity contribution >= 4 is 0 Å². The molecule has 0 saturated carbocycles. The molecule has 29 heavy (non-hydrogen) atoms. The first-order valence-corrected chi connectivity index (χ1v) is 10.3. The minimum atomic E-state index is -0.158.